The summed E-state index contributed by atoms with van der Waals surface area (Å²) in [6.07, 6.45) is 2.52. The molecular formula is C17H27N. The normalized spacial score (nSPS) is 31.4. The summed E-state index contributed by atoms with van der Waals surface area (Å²) in [6, 6.07) is 9.99. The molecule has 0 saturated heterocycles. The van der Waals surface area contributed by atoms with Crippen LogP contribution in [0, 0.1) is 5.41 Å². The summed E-state index contributed by atoms with van der Waals surface area (Å²) in [6.45, 7) is 9.26. The first-order valence-electron chi connectivity index (χ1n) is 7.30. The van der Waals surface area contributed by atoms with Crippen molar-refractivity contribution in [2.75, 3.05) is 7.05 Å². The molecule has 1 fully saturated rings. The van der Waals surface area contributed by atoms with Gasteiger partial charge in [0.25, 0.3) is 0 Å². The van der Waals surface area contributed by atoms with Gasteiger partial charge in [0.1, 0.15) is 0 Å². The molecule has 1 aromatic carbocycles. The van der Waals surface area contributed by atoms with Crippen molar-refractivity contribution < 1.29 is 0 Å². The fourth-order valence-electron chi connectivity index (χ4n) is 3.43. The van der Waals surface area contributed by atoms with E-state index < -0.39 is 0 Å². The third kappa shape index (κ3) is 2.09. The fourth-order valence-corrected chi connectivity index (χ4v) is 3.43. The first-order valence-corrected chi connectivity index (χ1v) is 7.30. The molecule has 0 aromatic heterocycles. The smallest absolute Gasteiger partial charge is 0.0130 e. The zero-order chi connectivity index (χ0) is 13.3. The summed E-state index contributed by atoms with van der Waals surface area (Å²) >= 11 is 0. The second-order valence-electron chi connectivity index (χ2n) is 6.31. The van der Waals surface area contributed by atoms with Crippen molar-refractivity contribution in [2.24, 2.45) is 5.41 Å². The van der Waals surface area contributed by atoms with E-state index in [1.165, 1.54) is 24.0 Å². The SMILES string of the molecule is CCC1(C)C(NC)CC1c1ccc(C(C)C)cc1. The van der Waals surface area contributed by atoms with Crippen molar-refractivity contribution >= 4 is 0 Å². The average molecular weight is 245 g/mol. The number of nitrogens with one attached hydrogen (secondary N) is 1. The van der Waals surface area contributed by atoms with Gasteiger partial charge in [0.15, 0.2) is 0 Å². The minimum Gasteiger partial charge on any atom is -0.316 e. The molecule has 1 heteroatoms. The molecular weight excluding hydrogens is 218 g/mol. The summed E-state index contributed by atoms with van der Waals surface area (Å²) < 4.78 is 0. The van der Waals surface area contributed by atoms with Crippen LogP contribution in [0.1, 0.15) is 63.5 Å². The van der Waals surface area contributed by atoms with Crippen LogP contribution in [0.15, 0.2) is 24.3 Å². The number of benzene rings is 1. The van der Waals surface area contributed by atoms with E-state index >= 15 is 0 Å². The number of hydrogen-bond acceptors (Lipinski definition) is 1. The van der Waals surface area contributed by atoms with E-state index in [4.69, 9.17) is 0 Å². The molecule has 1 nitrogen and oxygen atoms in total. The van der Waals surface area contributed by atoms with Crippen LogP contribution < -0.4 is 5.32 Å². The van der Waals surface area contributed by atoms with E-state index in [-0.39, 0.29) is 0 Å². The Bertz CT molecular complexity index is 393. The first-order chi connectivity index (χ1) is 8.52. The predicted molar refractivity (Wildman–Crippen MR) is 79.1 cm³/mol. The molecule has 0 radical (unpaired) electrons. The minimum absolute atomic E-state index is 0.425. The highest BCUT2D eigenvalue weighted by Gasteiger charge is 2.49. The lowest BCUT2D eigenvalue weighted by Gasteiger charge is -2.54. The number of hydrogen-bond donors (Lipinski definition) is 1. The molecule has 0 bridgehead atoms. The van der Waals surface area contributed by atoms with Crippen molar-refractivity contribution in [3.8, 4) is 0 Å². The second-order valence-corrected chi connectivity index (χ2v) is 6.31. The van der Waals surface area contributed by atoms with Gasteiger partial charge in [0.2, 0.25) is 0 Å². The Labute approximate surface area is 112 Å². The van der Waals surface area contributed by atoms with Crippen LogP contribution in [-0.4, -0.2) is 13.1 Å². The second kappa shape index (κ2) is 5.05. The lowest BCUT2D eigenvalue weighted by atomic mass is 9.54. The standard InChI is InChI=1S/C17H27N/c1-6-17(4)15(11-16(17)18-5)14-9-7-13(8-10-14)12(2)3/h7-10,12,15-16,18H,6,11H2,1-5H3. The molecule has 1 saturated carbocycles. The lowest BCUT2D eigenvalue weighted by molar-refractivity contribution is 0.0495. The Morgan fingerprint density at radius 2 is 1.89 bits per heavy atom. The van der Waals surface area contributed by atoms with Gasteiger partial charge in [-0.1, -0.05) is 52.0 Å². The molecule has 100 valence electrons. The molecule has 3 unspecified atom stereocenters. The molecule has 1 aliphatic carbocycles. The van der Waals surface area contributed by atoms with Gasteiger partial charge in [0, 0.05) is 6.04 Å². The Morgan fingerprint density at radius 3 is 2.33 bits per heavy atom. The van der Waals surface area contributed by atoms with Gasteiger partial charge >= 0.3 is 0 Å². The third-order valence-electron chi connectivity index (χ3n) is 5.18. The van der Waals surface area contributed by atoms with Gasteiger partial charge in [-0.15, -0.1) is 0 Å². The van der Waals surface area contributed by atoms with Crippen molar-refractivity contribution in [3.63, 3.8) is 0 Å². The maximum absolute atomic E-state index is 3.47. The van der Waals surface area contributed by atoms with Crippen LogP contribution in [0.5, 0.6) is 0 Å². The monoisotopic (exact) mass is 245 g/mol. The highest BCUT2D eigenvalue weighted by molar-refractivity contribution is 5.32. The highest BCUT2D eigenvalue weighted by Crippen LogP contribution is 2.54. The van der Waals surface area contributed by atoms with Gasteiger partial charge < -0.3 is 5.32 Å². The molecule has 1 aliphatic rings. The Kier molecular flexibility index (Phi) is 3.82. The van der Waals surface area contributed by atoms with Crippen molar-refractivity contribution in [3.05, 3.63) is 35.4 Å². The first kappa shape index (κ1) is 13.6. The lowest BCUT2D eigenvalue weighted by Crippen LogP contribution is -2.55. The molecule has 0 spiro atoms. The summed E-state index contributed by atoms with van der Waals surface area (Å²) in [5.74, 6) is 1.35. The molecule has 2 rings (SSSR count). The molecule has 0 aliphatic heterocycles. The van der Waals surface area contributed by atoms with Crippen LogP contribution in [0.4, 0.5) is 0 Å². The summed E-state index contributed by atoms with van der Waals surface area (Å²) in [5, 5.41) is 3.47. The van der Waals surface area contributed by atoms with E-state index in [0.717, 1.165) is 5.92 Å². The topological polar surface area (TPSA) is 12.0 Å². The van der Waals surface area contributed by atoms with Crippen LogP contribution in [0.2, 0.25) is 0 Å². The largest absolute Gasteiger partial charge is 0.316 e. The zero-order valence-corrected chi connectivity index (χ0v) is 12.5. The van der Waals surface area contributed by atoms with Crippen molar-refractivity contribution in [2.45, 2.75) is 58.4 Å². The van der Waals surface area contributed by atoms with Crippen LogP contribution in [-0.2, 0) is 0 Å². The van der Waals surface area contributed by atoms with E-state index in [1.807, 2.05) is 0 Å². The molecule has 18 heavy (non-hydrogen) atoms. The highest BCUT2D eigenvalue weighted by atomic mass is 14.9. The maximum atomic E-state index is 3.47. The molecule has 0 heterocycles. The van der Waals surface area contributed by atoms with Crippen molar-refractivity contribution in [1.29, 1.82) is 0 Å². The molecule has 3 atom stereocenters. The van der Waals surface area contributed by atoms with Gasteiger partial charge in [0.05, 0.1) is 0 Å². The van der Waals surface area contributed by atoms with Gasteiger partial charge in [-0.25, -0.2) is 0 Å². The van der Waals surface area contributed by atoms with Crippen LogP contribution in [0.25, 0.3) is 0 Å². The molecule has 0 amide bonds. The molecule has 1 N–H and O–H groups in total. The Morgan fingerprint density at radius 1 is 1.28 bits per heavy atom. The molecule has 1 aromatic rings. The maximum Gasteiger partial charge on any atom is 0.0130 e. The quantitative estimate of drug-likeness (QED) is 0.834. The van der Waals surface area contributed by atoms with E-state index in [0.29, 0.717) is 17.4 Å². The Balaban J connectivity index is 2.18. The van der Waals surface area contributed by atoms with Gasteiger partial charge in [-0.2, -0.15) is 0 Å². The average Bonchev–Trinajstić information content (AvgIpc) is 2.37. The van der Waals surface area contributed by atoms with Gasteiger partial charge in [-0.05, 0) is 48.3 Å². The summed E-state index contributed by atoms with van der Waals surface area (Å²) in [5.41, 5.74) is 3.39. The predicted octanol–water partition coefficient (Wildman–Crippen LogP) is 4.30. The van der Waals surface area contributed by atoms with E-state index in [1.54, 1.807) is 0 Å². The van der Waals surface area contributed by atoms with Crippen LogP contribution in [0.3, 0.4) is 0 Å². The van der Waals surface area contributed by atoms with E-state index in [2.05, 4.69) is 64.3 Å². The van der Waals surface area contributed by atoms with E-state index in [9.17, 15) is 0 Å². The third-order valence-corrected chi connectivity index (χ3v) is 5.18. The summed E-state index contributed by atoms with van der Waals surface area (Å²) in [4.78, 5) is 0. The zero-order valence-electron chi connectivity index (χ0n) is 12.5. The summed E-state index contributed by atoms with van der Waals surface area (Å²) in [7, 11) is 2.09. The number of rotatable bonds is 4. The fraction of sp³-hybridized carbons (Fsp3) is 0.647. The van der Waals surface area contributed by atoms with Crippen molar-refractivity contribution in [1.82, 2.24) is 5.32 Å². The Hall–Kier alpha value is -0.820. The van der Waals surface area contributed by atoms with Crippen LogP contribution >= 0.6 is 0 Å². The minimum atomic E-state index is 0.425. The van der Waals surface area contributed by atoms with Gasteiger partial charge in [-0.3, -0.25) is 0 Å².